The van der Waals surface area contributed by atoms with E-state index in [0.29, 0.717) is 41.6 Å². The zero-order valence-electron chi connectivity index (χ0n) is 24.0. The number of aryl methyl sites for hydroxylation is 2. The van der Waals surface area contributed by atoms with E-state index in [2.05, 4.69) is 19.5 Å². The highest BCUT2D eigenvalue weighted by Gasteiger charge is 2.23. The summed E-state index contributed by atoms with van der Waals surface area (Å²) in [6, 6.07) is 19.4. The van der Waals surface area contributed by atoms with Crippen molar-refractivity contribution in [1.29, 1.82) is 0 Å². The predicted octanol–water partition coefficient (Wildman–Crippen LogP) is 5.13. The summed E-state index contributed by atoms with van der Waals surface area (Å²) in [5.41, 5.74) is 5.68. The quantitative estimate of drug-likeness (QED) is 0.159. The van der Waals surface area contributed by atoms with Gasteiger partial charge in [0.2, 0.25) is 0 Å². The van der Waals surface area contributed by atoms with Gasteiger partial charge in [-0.3, -0.25) is 9.09 Å². The highest BCUT2D eigenvalue weighted by atomic mass is 31.0. The zero-order chi connectivity index (χ0) is 31.0. The summed E-state index contributed by atoms with van der Waals surface area (Å²) in [4.78, 5) is 41.3. The van der Waals surface area contributed by atoms with Crippen molar-refractivity contribution in [2.24, 2.45) is 0 Å². The first-order valence-corrected chi connectivity index (χ1v) is 14.2. The van der Waals surface area contributed by atoms with Gasteiger partial charge in [0, 0.05) is 5.56 Å². The van der Waals surface area contributed by atoms with E-state index in [-0.39, 0.29) is 18.1 Å². The topological polar surface area (TPSA) is 145 Å². The Morgan fingerprint density at radius 3 is 2.41 bits per heavy atom. The van der Waals surface area contributed by atoms with Crippen LogP contribution in [-0.2, 0) is 17.9 Å². The van der Waals surface area contributed by atoms with Crippen LogP contribution in [-0.4, -0.2) is 31.6 Å². The lowest BCUT2D eigenvalue weighted by atomic mass is 9.98. The number of carbonyl (C=O) groups excluding carboxylic acids is 1. The lowest BCUT2D eigenvalue weighted by Gasteiger charge is -2.13. The minimum atomic E-state index is -0.858. The molecule has 224 valence electrons. The maximum absolute atomic E-state index is 13.4. The molecule has 44 heavy (non-hydrogen) atoms. The molecule has 3 aromatic heterocycles. The number of esters is 1. The highest BCUT2D eigenvalue weighted by Crippen LogP contribution is 2.32. The Kier molecular flexibility index (Phi) is 7.75. The lowest BCUT2D eigenvalue weighted by Crippen LogP contribution is -2.11. The summed E-state index contributed by atoms with van der Waals surface area (Å²) in [5.74, 6) is -1.26. The van der Waals surface area contributed by atoms with Gasteiger partial charge >= 0.3 is 17.5 Å². The van der Waals surface area contributed by atoms with Gasteiger partial charge in [-0.2, -0.15) is 4.98 Å². The molecule has 6 aromatic rings. The fraction of sp³-hybridized carbons (Fsp3) is 0.194. The molecule has 1 atom stereocenters. The summed E-state index contributed by atoms with van der Waals surface area (Å²) in [7, 11) is 2.32. The van der Waals surface area contributed by atoms with Crippen LogP contribution in [0.2, 0.25) is 0 Å². The van der Waals surface area contributed by atoms with Gasteiger partial charge in [0.1, 0.15) is 0 Å². The Balaban J connectivity index is 1.34. The third-order valence-corrected chi connectivity index (χ3v) is 7.48. The molecule has 0 fully saturated rings. The van der Waals surface area contributed by atoms with Crippen molar-refractivity contribution in [3.05, 3.63) is 110 Å². The fourth-order valence-corrected chi connectivity index (χ4v) is 5.22. The molecule has 0 radical (unpaired) electrons. The molecular weight excluding hydrogens is 587 g/mol. The van der Waals surface area contributed by atoms with Crippen molar-refractivity contribution in [3.63, 3.8) is 0 Å². The van der Waals surface area contributed by atoms with Crippen LogP contribution in [0.15, 0.2) is 83.6 Å². The van der Waals surface area contributed by atoms with Gasteiger partial charge < -0.3 is 18.3 Å². The van der Waals surface area contributed by atoms with Gasteiger partial charge in [-0.15, -0.1) is 0 Å². The second kappa shape index (κ2) is 11.8. The Labute approximate surface area is 252 Å². The summed E-state index contributed by atoms with van der Waals surface area (Å²) in [6.07, 6.45) is 0. The Hall–Kier alpha value is -5.22. The highest BCUT2D eigenvalue weighted by molar-refractivity contribution is 7.14. The number of ether oxygens (including phenoxy) is 2. The summed E-state index contributed by atoms with van der Waals surface area (Å²) >= 11 is 0. The van der Waals surface area contributed by atoms with Gasteiger partial charge in [0.15, 0.2) is 24.0 Å². The molecule has 0 amide bonds. The van der Waals surface area contributed by atoms with Crippen LogP contribution in [0.5, 0.6) is 6.01 Å². The van der Waals surface area contributed by atoms with Gasteiger partial charge in [0.25, 0.3) is 6.01 Å². The number of carbonyl (C=O) groups is 1. The number of hydrogen-bond acceptors (Lipinski definition) is 10. The maximum atomic E-state index is 13.4. The van der Waals surface area contributed by atoms with Gasteiger partial charge in [-0.25, -0.2) is 18.7 Å². The largest absolute Gasteiger partial charge is 0.519 e. The first-order valence-electron chi connectivity index (χ1n) is 13.7. The number of fused-ring (bicyclic) bond motifs is 1. The molecule has 0 N–H and O–H groups in total. The van der Waals surface area contributed by atoms with E-state index in [0.717, 1.165) is 27.8 Å². The zero-order valence-corrected chi connectivity index (χ0v) is 25.2. The number of hydrogen-bond donors (Lipinski definition) is 0. The van der Waals surface area contributed by atoms with Gasteiger partial charge in [-0.05, 0) is 64.5 Å². The number of nitrogens with zero attached hydrogens (tertiary/aromatic N) is 4. The van der Waals surface area contributed by atoms with Crippen LogP contribution in [0, 0.1) is 13.8 Å². The van der Waals surface area contributed by atoms with E-state index in [1.54, 1.807) is 13.0 Å². The van der Waals surface area contributed by atoms with Crippen molar-refractivity contribution in [1.82, 2.24) is 19.0 Å². The van der Waals surface area contributed by atoms with E-state index >= 15 is 0 Å². The van der Waals surface area contributed by atoms with Crippen LogP contribution in [0.3, 0.4) is 0 Å². The molecule has 12 nitrogen and oxygen atoms in total. The molecule has 3 heterocycles. The van der Waals surface area contributed by atoms with Gasteiger partial charge in [0.05, 0.1) is 29.7 Å². The summed E-state index contributed by atoms with van der Waals surface area (Å²) in [5, 5.41) is 3.93. The van der Waals surface area contributed by atoms with Gasteiger partial charge in [-0.1, -0.05) is 53.7 Å². The van der Waals surface area contributed by atoms with E-state index in [1.807, 2.05) is 73.0 Å². The van der Waals surface area contributed by atoms with Crippen molar-refractivity contribution >= 4 is 26.4 Å². The van der Waals surface area contributed by atoms with Crippen molar-refractivity contribution < 1.29 is 27.6 Å². The fourth-order valence-electron chi connectivity index (χ4n) is 4.98. The molecular formula is C31H27N4O8P. The van der Waals surface area contributed by atoms with Crippen LogP contribution in [0.25, 0.3) is 33.5 Å². The molecule has 1 unspecified atom stereocenters. The molecule has 0 spiro atoms. The van der Waals surface area contributed by atoms with Crippen LogP contribution >= 0.6 is 9.39 Å². The van der Waals surface area contributed by atoms with E-state index in [1.165, 1.54) is 4.34 Å². The van der Waals surface area contributed by atoms with E-state index < -0.39 is 17.5 Å². The van der Waals surface area contributed by atoms with Crippen LogP contribution < -0.4 is 16.3 Å². The van der Waals surface area contributed by atoms with E-state index in [4.69, 9.17) is 22.8 Å². The SMILES string of the molecule is CCOc1nc2cc(C)cc(C(=O)OCc3oc(=O)oc3C)c2n1Cc1ccc(-c2ccccc2-c2noc(=O)n2P)cc1. The third kappa shape index (κ3) is 5.47. The number of rotatable bonds is 9. The number of benzene rings is 3. The Bertz CT molecular complexity index is 2120. The molecule has 0 aliphatic rings. The van der Waals surface area contributed by atoms with Crippen LogP contribution in [0.4, 0.5) is 0 Å². The molecule has 0 aliphatic heterocycles. The average Bonchev–Trinajstić information content (AvgIpc) is 3.64. The standard InChI is InChI=1S/C31H27N4O8P/c1-4-39-29-32-24-14-17(2)13-23(28(36)40-16-25-18(3)41-31(38)42-25)26(24)34(29)15-19-9-11-20(12-10-19)21-7-5-6-8-22(21)27-33-43-30(37)35(27)44/h5-14H,4,15-16,44H2,1-3H3. The molecule has 6 rings (SSSR count). The first-order chi connectivity index (χ1) is 21.2. The van der Waals surface area contributed by atoms with E-state index in [9.17, 15) is 14.4 Å². The number of imidazole rings is 1. The van der Waals surface area contributed by atoms with Crippen molar-refractivity contribution in [2.75, 3.05) is 6.61 Å². The van der Waals surface area contributed by atoms with Crippen LogP contribution in [0.1, 0.15) is 39.9 Å². The molecule has 0 bridgehead atoms. The molecule has 13 heteroatoms. The normalized spacial score (nSPS) is 11.3. The second-order valence-corrected chi connectivity index (χ2v) is 10.5. The third-order valence-electron chi connectivity index (χ3n) is 7.02. The average molecular weight is 615 g/mol. The molecule has 0 saturated heterocycles. The molecule has 0 aliphatic carbocycles. The first kappa shape index (κ1) is 28.9. The smallest absolute Gasteiger partial charge is 0.465 e. The minimum absolute atomic E-state index is 0.141. The summed E-state index contributed by atoms with van der Waals surface area (Å²) < 4.78 is 29.2. The second-order valence-electron chi connectivity index (χ2n) is 9.99. The summed E-state index contributed by atoms with van der Waals surface area (Å²) in [6.45, 7) is 5.74. The predicted molar refractivity (Wildman–Crippen MR) is 163 cm³/mol. The molecule has 0 saturated carbocycles. The van der Waals surface area contributed by atoms with Crippen molar-refractivity contribution in [3.8, 4) is 28.5 Å². The monoisotopic (exact) mass is 614 g/mol. The number of aromatic nitrogens is 4. The minimum Gasteiger partial charge on any atom is -0.465 e. The van der Waals surface area contributed by atoms with Crippen molar-refractivity contribution in [2.45, 2.75) is 33.9 Å². The lowest BCUT2D eigenvalue weighted by molar-refractivity contribution is 0.0444. The Morgan fingerprint density at radius 1 is 1.00 bits per heavy atom. The maximum Gasteiger partial charge on any atom is 0.519 e. The Morgan fingerprint density at radius 2 is 1.75 bits per heavy atom. The molecule has 3 aromatic carbocycles.